The molecule has 1 rings (SSSR count). The van der Waals surface area contributed by atoms with Gasteiger partial charge in [-0.15, -0.1) is 0 Å². The summed E-state index contributed by atoms with van der Waals surface area (Å²) in [7, 11) is 1.46. The van der Waals surface area contributed by atoms with E-state index in [9.17, 15) is 9.90 Å². The molecule has 4 heteroatoms. The summed E-state index contributed by atoms with van der Waals surface area (Å²) in [5, 5.41) is 13.0. The number of benzene rings is 1. The van der Waals surface area contributed by atoms with Crippen LogP contribution >= 0.6 is 0 Å². The lowest BCUT2D eigenvalue weighted by Gasteiger charge is -2.33. The molecule has 0 heterocycles. The van der Waals surface area contributed by atoms with Crippen LogP contribution in [0.5, 0.6) is 11.5 Å². The Morgan fingerprint density at radius 2 is 1.85 bits per heavy atom. The lowest BCUT2D eigenvalue weighted by molar-refractivity contribution is 0.0888. The van der Waals surface area contributed by atoms with Gasteiger partial charge in [0.15, 0.2) is 11.5 Å². The third kappa shape index (κ3) is 4.44. The molecule has 0 fully saturated rings. The molecule has 0 bridgehead atoms. The highest BCUT2D eigenvalue weighted by atomic mass is 16.5. The van der Waals surface area contributed by atoms with Crippen LogP contribution in [0.4, 0.5) is 0 Å². The molecule has 0 aliphatic carbocycles. The first-order valence-corrected chi connectivity index (χ1v) is 6.74. The predicted octanol–water partition coefficient (Wildman–Crippen LogP) is 3.35. The van der Waals surface area contributed by atoms with E-state index in [0.29, 0.717) is 5.75 Å². The Hall–Kier alpha value is -1.71. The van der Waals surface area contributed by atoms with Crippen molar-refractivity contribution < 1.29 is 14.6 Å². The van der Waals surface area contributed by atoms with Crippen LogP contribution in [0.25, 0.3) is 0 Å². The molecule has 0 radical (unpaired) electrons. The second-order valence-corrected chi connectivity index (χ2v) is 6.93. The molecule has 112 valence electrons. The molecule has 0 unspecified atom stereocenters. The molecule has 2 N–H and O–H groups in total. The molecular weight excluding hydrogens is 254 g/mol. The van der Waals surface area contributed by atoms with Gasteiger partial charge >= 0.3 is 0 Å². The van der Waals surface area contributed by atoms with E-state index in [0.717, 1.165) is 6.42 Å². The topological polar surface area (TPSA) is 58.6 Å². The van der Waals surface area contributed by atoms with E-state index in [1.165, 1.54) is 7.11 Å². The summed E-state index contributed by atoms with van der Waals surface area (Å²) in [5.74, 6) is -0.124. The Labute approximate surface area is 121 Å². The van der Waals surface area contributed by atoms with Gasteiger partial charge in [-0.2, -0.15) is 0 Å². The van der Waals surface area contributed by atoms with Crippen molar-refractivity contribution in [3.05, 3.63) is 23.8 Å². The van der Waals surface area contributed by atoms with Crippen molar-refractivity contribution in [2.75, 3.05) is 7.11 Å². The average molecular weight is 279 g/mol. The number of hydrogen-bond donors (Lipinski definition) is 2. The number of nitrogens with one attached hydrogen (secondary N) is 1. The molecule has 0 saturated heterocycles. The minimum atomic E-state index is -0.356. The standard InChI is InChI=1S/C16H25NO3/c1-15(2,3)10-16(4,5)17-14(19)11-8-7-9-12(20-6)13(11)18/h7-9,18H,10H2,1-6H3,(H,17,19). The van der Waals surface area contributed by atoms with Gasteiger partial charge in [-0.05, 0) is 37.8 Å². The Morgan fingerprint density at radius 1 is 1.25 bits per heavy atom. The number of carbonyl (C=O) groups excluding carboxylic acids is 1. The lowest BCUT2D eigenvalue weighted by Crippen LogP contribution is -2.45. The number of para-hydroxylation sites is 1. The zero-order valence-corrected chi connectivity index (χ0v) is 13.2. The van der Waals surface area contributed by atoms with Gasteiger partial charge in [0.05, 0.1) is 12.7 Å². The van der Waals surface area contributed by atoms with Crippen molar-refractivity contribution in [3.63, 3.8) is 0 Å². The zero-order chi connectivity index (χ0) is 15.6. The van der Waals surface area contributed by atoms with E-state index >= 15 is 0 Å². The van der Waals surface area contributed by atoms with Crippen molar-refractivity contribution in [3.8, 4) is 11.5 Å². The van der Waals surface area contributed by atoms with Gasteiger partial charge in [-0.1, -0.05) is 26.8 Å². The number of phenolic OH excluding ortho intramolecular Hbond substituents is 1. The van der Waals surface area contributed by atoms with Gasteiger partial charge in [0.2, 0.25) is 0 Å². The van der Waals surface area contributed by atoms with Crippen LogP contribution in [0, 0.1) is 5.41 Å². The molecule has 0 aliphatic heterocycles. The summed E-state index contributed by atoms with van der Waals surface area (Å²) >= 11 is 0. The minimum Gasteiger partial charge on any atom is -0.504 e. The normalized spacial score (nSPS) is 12.1. The van der Waals surface area contributed by atoms with Gasteiger partial charge in [-0.3, -0.25) is 4.79 Å². The third-order valence-electron chi connectivity index (χ3n) is 2.89. The van der Waals surface area contributed by atoms with Gasteiger partial charge in [0.1, 0.15) is 0 Å². The van der Waals surface area contributed by atoms with Gasteiger partial charge in [0.25, 0.3) is 5.91 Å². The van der Waals surface area contributed by atoms with Crippen LogP contribution in [0.1, 0.15) is 51.4 Å². The maximum atomic E-state index is 12.3. The number of amides is 1. The summed E-state index contributed by atoms with van der Waals surface area (Å²) < 4.78 is 5.02. The summed E-state index contributed by atoms with van der Waals surface area (Å²) in [6.45, 7) is 10.3. The number of aromatic hydroxyl groups is 1. The smallest absolute Gasteiger partial charge is 0.255 e. The van der Waals surface area contributed by atoms with E-state index in [1.54, 1.807) is 18.2 Å². The summed E-state index contributed by atoms with van der Waals surface area (Å²) in [5.41, 5.74) is -0.0238. The molecule has 0 aromatic heterocycles. The molecule has 0 atom stereocenters. The lowest BCUT2D eigenvalue weighted by atomic mass is 9.81. The van der Waals surface area contributed by atoms with Crippen LogP contribution in [-0.4, -0.2) is 23.7 Å². The minimum absolute atomic E-state index is 0.104. The van der Waals surface area contributed by atoms with Crippen LogP contribution in [0.3, 0.4) is 0 Å². The summed E-state index contributed by atoms with van der Waals surface area (Å²) in [4.78, 5) is 12.3. The fraction of sp³-hybridized carbons (Fsp3) is 0.562. The van der Waals surface area contributed by atoms with Gasteiger partial charge in [0, 0.05) is 5.54 Å². The highest BCUT2D eigenvalue weighted by Crippen LogP contribution is 2.31. The number of phenols is 1. The second-order valence-electron chi connectivity index (χ2n) is 6.93. The Balaban J connectivity index is 2.92. The summed E-state index contributed by atoms with van der Waals surface area (Å²) in [6, 6.07) is 4.89. The van der Waals surface area contributed by atoms with Crippen molar-refractivity contribution in [2.24, 2.45) is 5.41 Å². The van der Waals surface area contributed by atoms with Crippen LogP contribution < -0.4 is 10.1 Å². The third-order valence-corrected chi connectivity index (χ3v) is 2.89. The maximum Gasteiger partial charge on any atom is 0.255 e. The zero-order valence-electron chi connectivity index (χ0n) is 13.2. The van der Waals surface area contributed by atoms with Gasteiger partial charge in [-0.25, -0.2) is 0 Å². The molecule has 1 aromatic rings. The molecule has 1 amide bonds. The Kier molecular flexibility index (Phi) is 4.69. The molecule has 0 spiro atoms. The van der Waals surface area contributed by atoms with E-state index in [4.69, 9.17) is 4.74 Å². The van der Waals surface area contributed by atoms with Crippen molar-refractivity contribution in [2.45, 2.75) is 46.6 Å². The molecule has 0 saturated carbocycles. The second kappa shape index (κ2) is 5.73. The van der Waals surface area contributed by atoms with E-state index in [1.807, 2.05) is 13.8 Å². The summed E-state index contributed by atoms with van der Waals surface area (Å²) in [6.07, 6.45) is 0.830. The number of ether oxygens (including phenoxy) is 1. The number of hydrogen-bond acceptors (Lipinski definition) is 3. The van der Waals surface area contributed by atoms with Crippen LogP contribution in [-0.2, 0) is 0 Å². The average Bonchev–Trinajstić information content (AvgIpc) is 2.24. The maximum absolute atomic E-state index is 12.3. The Morgan fingerprint density at radius 3 is 2.35 bits per heavy atom. The van der Waals surface area contributed by atoms with E-state index in [2.05, 4.69) is 26.1 Å². The molecular formula is C16H25NO3. The quantitative estimate of drug-likeness (QED) is 0.888. The van der Waals surface area contributed by atoms with Crippen LogP contribution in [0.15, 0.2) is 18.2 Å². The highest BCUT2D eigenvalue weighted by Gasteiger charge is 2.28. The first-order chi connectivity index (χ1) is 9.06. The van der Waals surface area contributed by atoms with Crippen molar-refractivity contribution in [1.29, 1.82) is 0 Å². The molecule has 0 aliphatic rings. The molecule has 4 nitrogen and oxygen atoms in total. The predicted molar refractivity (Wildman–Crippen MR) is 80.3 cm³/mol. The first kappa shape index (κ1) is 16.3. The molecule has 20 heavy (non-hydrogen) atoms. The van der Waals surface area contributed by atoms with E-state index < -0.39 is 0 Å². The van der Waals surface area contributed by atoms with Crippen molar-refractivity contribution >= 4 is 5.91 Å². The number of methoxy groups -OCH3 is 1. The van der Waals surface area contributed by atoms with E-state index in [-0.39, 0.29) is 28.2 Å². The number of carbonyl (C=O) groups is 1. The fourth-order valence-electron chi connectivity index (χ4n) is 2.61. The highest BCUT2D eigenvalue weighted by molar-refractivity contribution is 5.98. The first-order valence-electron chi connectivity index (χ1n) is 6.74. The largest absolute Gasteiger partial charge is 0.504 e. The monoisotopic (exact) mass is 279 g/mol. The van der Waals surface area contributed by atoms with Crippen LogP contribution in [0.2, 0.25) is 0 Å². The fourth-order valence-corrected chi connectivity index (χ4v) is 2.61. The molecule has 1 aromatic carbocycles. The van der Waals surface area contributed by atoms with Crippen molar-refractivity contribution in [1.82, 2.24) is 5.32 Å². The van der Waals surface area contributed by atoms with Gasteiger partial charge < -0.3 is 15.2 Å². The SMILES string of the molecule is COc1cccc(C(=O)NC(C)(C)CC(C)(C)C)c1O. The Bertz CT molecular complexity index is 487. The number of rotatable bonds is 4.